The molecule has 0 spiro atoms. The van der Waals surface area contributed by atoms with Gasteiger partial charge in [-0.15, -0.1) is 11.8 Å². The summed E-state index contributed by atoms with van der Waals surface area (Å²) in [5, 5.41) is 2.51. The van der Waals surface area contributed by atoms with Crippen molar-refractivity contribution in [1.82, 2.24) is 0 Å². The van der Waals surface area contributed by atoms with Gasteiger partial charge in [-0.2, -0.15) is 0 Å². The molecule has 6 heteroatoms. The van der Waals surface area contributed by atoms with Crippen LogP contribution in [0, 0.1) is 0 Å². The van der Waals surface area contributed by atoms with Crippen LogP contribution >= 0.6 is 11.8 Å². The lowest BCUT2D eigenvalue weighted by atomic mass is 10.3. The molecular formula is C12H15NO4S. The summed E-state index contributed by atoms with van der Waals surface area (Å²) in [5.41, 5.74) is 0.613. The van der Waals surface area contributed by atoms with Gasteiger partial charge in [-0.05, 0) is 37.4 Å². The Morgan fingerprint density at radius 3 is 2.44 bits per heavy atom. The Morgan fingerprint density at radius 1 is 1.22 bits per heavy atom. The molecule has 1 aromatic carbocycles. The van der Waals surface area contributed by atoms with Crippen LogP contribution in [0.1, 0.15) is 6.92 Å². The summed E-state index contributed by atoms with van der Waals surface area (Å²) in [6.07, 6.45) is 1.29. The Kier molecular flexibility index (Phi) is 6.07. The van der Waals surface area contributed by atoms with Crippen molar-refractivity contribution >= 4 is 29.5 Å². The van der Waals surface area contributed by atoms with Crippen LogP contribution < -0.4 is 5.32 Å². The van der Waals surface area contributed by atoms with Crippen LogP contribution in [0.4, 0.5) is 10.5 Å². The molecule has 0 aliphatic carbocycles. The molecule has 98 valence electrons. The fourth-order valence-electron chi connectivity index (χ4n) is 1.16. The molecule has 0 fully saturated rings. The van der Waals surface area contributed by atoms with E-state index in [1.165, 1.54) is 0 Å². The van der Waals surface area contributed by atoms with Crippen LogP contribution in [0.15, 0.2) is 29.2 Å². The van der Waals surface area contributed by atoms with Gasteiger partial charge in [0.2, 0.25) is 0 Å². The number of carbonyl (C=O) groups is 2. The normalized spacial score (nSPS) is 9.67. The number of thioether (sulfide) groups is 1. The summed E-state index contributed by atoms with van der Waals surface area (Å²) < 4.78 is 9.31. The summed E-state index contributed by atoms with van der Waals surface area (Å²) in [7, 11) is 0. The van der Waals surface area contributed by atoms with Crippen molar-refractivity contribution in [2.45, 2.75) is 11.8 Å². The van der Waals surface area contributed by atoms with Crippen molar-refractivity contribution in [3.05, 3.63) is 24.3 Å². The number of hydrogen-bond donors (Lipinski definition) is 1. The van der Waals surface area contributed by atoms with Gasteiger partial charge in [-0.25, -0.2) is 9.59 Å². The molecule has 1 rings (SSSR count). The van der Waals surface area contributed by atoms with Crippen LogP contribution in [0.2, 0.25) is 0 Å². The van der Waals surface area contributed by atoms with E-state index in [0.717, 1.165) is 4.90 Å². The number of carbonyl (C=O) groups excluding carboxylic acids is 2. The molecule has 18 heavy (non-hydrogen) atoms. The molecule has 0 aliphatic rings. The minimum absolute atomic E-state index is 0.264. The number of amides is 1. The van der Waals surface area contributed by atoms with E-state index >= 15 is 0 Å². The first-order valence-corrected chi connectivity index (χ1v) is 6.61. The highest BCUT2D eigenvalue weighted by Gasteiger charge is 2.07. The molecule has 0 saturated carbocycles. The number of nitrogens with one attached hydrogen (secondary N) is 1. The van der Waals surface area contributed by atoms with E-state index in [1.54, 1.807) is 30.8 Å². The second kappa shape index (κ2) is 7.60. The summed E-state index contributed by atoms with van der Waals surface area (Å²) >= 11 is 1.61. The maximum Gasteiger partial charge on any atom is 0.412 e. The highest BCUT2D eigenvalue weighted by Crippen LogP contribution is 2.17. The number of rotatable bonds is 5. The molecule has 1 amide bonds. The zero-order valence-corrected chi connectivity index (χ0v) is 11.1. The smallest absolute Gasteiger partial charge is 0.412 e. The Morgan fingerprint density at radius 2 is 1.89 bits per heavy atom. The fourth-order valence-corrected chi connectivity index (χ4v) is 1.56. The number of hydrogen-bond acceptors (Lipinski definition) is 5. The van der Waals surface area contributed by atoms with Crippen molar-refractivity contribution in [2.24, 2.45) is 0 Å². The molecule has 5 nitrogen and oxygen atoms in total. The lowest BCUT2D eigenvalue weighted by Crippen LogP contribution is -2.20. The second-order valence-corrected chi connectivity index (χ2v) is 4.11. The fraction of sp³-hybridized carbons (Fsp3) is 0.333. The molecule has 0 bridgehead atoms. The Hall–Kier alpha value is -1.69. The van der Waals surface area contributed by atoms with Gasteiger partial charge in [0.25, 0.3) is 0 Å². The van der Waals surface area contributed by atoms with Crippen molar-refractivity contribution in [1.29, 1.82) is 0 Å². The van der Waals surface area contributed by atoms with E-state index in [2.05, 4.69) is 14.8 Å². The monoisotopic (exact) mass is 269 g/mol. The number of anilines is 1. The quantitative estimate of drug-likeness (QED) is 0.657. The van der Waals surface area contributed by atoms with Gasteiger partial charge in [0.1, 0.15) is 0 Å². The third-order valence-corrected chi connectivity index (χ3v) is 2.71. The zero-order valence-electron chi connectivity index (χ0n) is 10.3. The van der Waals surface area contributed by atoms with E-state index in [9.17, 15) is 9.59 Å². The largest absolute Gasteiger partial charge is 0.463 e. The van der Waals surface area contributed by atoms with Gasteiger partial charge in [0.15, 0.2) is 6.61 Å². The third-order valence-electron chi connectivity index (χ3n) is 1.96. The summed E-state index contributed by atoms with van der Waals surface area (Å²) in [6, 6.07) is 7.28. The summed E-state index contributed by atoms with van der Waals surface area (Å²) in [5.74, 6) is -0.564. The Labute approximate surface area is 110 Å². The predicted octanol–water partition coefficient (Wildman–Crippen LogP) is 2.52. The maximum absolute atomic E-state index is 11.3. The van der Waals surface area contributed by atoms with Gasteiger partial charge in [-0.1, -0.05) is 0 Å². The van der Waals surface area contributed by atoms with Crippen LogP contribution in [0.25, 0.3) is 0 Å². The van der Waals surface area contributed by atoms with E-state index in [4.69, 9.17) is 0 Å². The lowest BCUT2D eigenvalue weighted by molar-refractivity contribution is -0.146. The van der Waals surface area contributed by atoms with Crippen LogP contribution in [0.5, 0.6) is 0 Å². The molecule has 0 heterocycles. The van der Waals surface area contributed by atoms with Gasteiger partial charge in [0.05, 0.1) is 6.61 Å². The van der Waals surface area contributed by atoms with Crippen LogP contribution in [-0.4, -0.2) is 31.5 Å². The minimum Gasteiger partial charge on any atom is -0.463 e. The number of esters is 1. The topological polar surface area (TPSA) is 64.6 Å². The molecule has 0 atom stereocenters. The molecular weight excluding hydrogens is 254 g/mol. The standard InChI is InChI=1S/C12H15NO4S/c1-3-16-11(14)8-17-12(15)13-9-4-6-10(18-2)7-5-9/h4-7H,3,8H2,1-2H3,(H,13,15). The summed E-state index contributed by atoms with van der Waals surface area (Å²) in [4.78, 5) is 23.4. The molecule has 0 radical (unpaired) electrons. The van der Waals surface area contributed by atoms with Crippen molar-refractivity contribution in [3.63, 3.8) is 0 Å². The Bertz CT molecular complexity index is 405. The van der Waals surface area contributed by atoms with Crippen molar-refractivity contribution in [2.75, 3.05) is 24.8 Å². The third kappa shape index (κ3) is 5.09. The lowest BCUT2D eigenvalue weighted by Gasteiger charge is -2.07. The minimum atomic E-state index is -0.681. The van der Waals surface area contributed by atoms with Crippen molar-refractivity contribution in [3.8, 4) is 0 Å². The van der Waals surface area contributed by atoms with Gasteiger partial charge < -0.3 is 9.47 Å². The molecule has 0 aliphatic heterocycles. The maximum atomic E-state index is 11.3. The van der Waals surface area contributed by atoms with Gasteiger partial charge in [-0.3, -0.25) is 5.32 Å². The first-order chi connectivity index (χ1) is 8.65. The summed E-state index contributed by atoms with van der Waals surface area (Å²) in [6.45, 7) is 1.56. The SMILES string of the molecule is CCOC(=O)COC(=O)Nc1ccc(SC)cc1. The van der Waals surface area contributed by atoms with Crippen LogP contribution in [-0.2, 0) is 14.3 Å². The number of ether oxygens (including phenoxy) is 2. The molecule has 0 aromatic heterocycles. The second-order valence-electron chi connectivity index (χ2n) is 3.23. The van der Waals surface area contributed by atoms with Gasteiger partial charge in [0, 0.05) is 10.6 Å². The van der Waals surface area contributed by atoms with Crippen molar-refractivity contribution < 1.29 is 19.1 Å². The highest BCUT2D eigenvalue weighted by atomic mass is 32.2. The highest BCUT2D eigenvalue weighted by molar-refractivity contribution is 7.98. The molecule has 0 saturated heterocycles. The first-order valence-electron chi connectivity index (χ1n) is 5.39. The van der Waals surface area contributed by atoms with Crippen LogP contribution in [0.3, 0.4) is 0 Å². The van der Waals surface area contributed by atoms with Gasteiger partial charge >= 0.3 is 12.1 Å². The molecule has 0 unspecified atom stereocenters. The zero-order chi connectivity index (χ0) is 13.4. The first kappa shape index (κ1) is 14.4. The van der Waals surface area contributed by atoms with E-state index < -0.39 is 12.1 Å². The Balaban J connectivity index is 2.37. The average molecular weight is 269 g/mol. The average Bonchev–Trinajstić information content (AvgIpc) is 2.38. The molecule has 1 aromatic rings. The van der Waals surface area contributed by atoms with E-state index in [-0.39, 0.29) is 13.2 Å². The molecule has 1 N–H and O–H groups in total. The van der Waals surface area contributed by atoms with E-state index in [0.29, 0.717) is 5.69 Å². The predicted molar refractivity (Wildman–Crippen MR) is 69.8 cm³/mol. The van der Waals surface area contributed by atoms with E-state index in [1.807, 2.05) is 18.4 Å². The number of benzene rings is 1.